The molecule has 0 atom stereocenters. The van der Waals surface area contributed by atoms with E-state index in [1.54, 1.807) is 7.05 Å². The van der Waals surface area contributed by atoms with Crippen molar-refractivity contribution in [2.45, 2.75) is 33.6 Å². The maximum absolute atomic E-state index is 5.42. The highest BCUT2D eigenvalue weighted by Gasteiger charge is 2.06. The molecule has 1 rings (SSSR count). The van der Waals surface area contributed by atoms with Crippen molar-refractivity contribution in [1.82, 2.24) is 15.0 Å². The molecule has 1 heterocycles. The molecule has 2 N–H and O–H groups in total. The average Bonchev–Trinajstić information content (AvgIpc) is 2.35. The number of nitrogens with zero attached hydrogens (tertiary/aromatic N) is 3. The largest absolute Gasteiger partial charge is 0.463 e. The van der Waals surface area contributed by atoms with Crippen LogP contribution >= 0.6 is 0 Å². The number of anilines is 2. The van der Waals surface area contributed by atoms with Crippen molar-refractivity contribution in [3.63, 3.8) is 0 Å². The normalized spacial score (nSPS) is 10.5. The fourth-order valence-electron chi connectivity index (χ4n) is 1.28. The third-order valence-electron chi connectivity index (χ3n) is 2.28. The Hall–Kier alpha value is -1.59. The van der Waals surface area contributed by atoms with Gasteiger partial charge >= 0.3 is 6.01 Å². The van der Waals surface area contributed by atoms with Crippen LogP contribution in [0, 0.1) is 5.92 Å². The molecule has 0 saturated carbocycles. The van der Waals surface area contributed by atoms with Gasteiger partial charge in [0.15, 0.2) is 0 Å². The third kappa shape index (κ3) is 5.16. The van der Waals surface area contributed by atoms with Crippen molar-refractivity contribution in [2.75, 3.05) is 30.8 Å². The molecule has 0 spiro atoms. The minimum absolute atomic E-state index is 0.364. The lowest BCUT2D eigenvalue weighted by Gasteiger charge is -2.09. The van der Waals surface area contributed by atoms with Gasteiger partial charge in [-0.2, -0.15) is 15.0 Å². The number of nitrogens with one attached hydrogen (secondary N) is 2. The topological polar surface area (TPSA) is 72.0 Å². The lowest BCUT2D eigenvalue weighted by atomic mass is 10.1. The molecular formula is C12H23N5O. The zero-order valence-corrected chi connectivity index (χ0v) is 11.7. The minimum Gasteiger partial charge on any atom is -0.463 e. The van der Waals surface area contributed by atoms with Crippen LogP contribution < -0.4 is 15.4 Å². The van der Waals surface area contributed by atoms with E-state index in [0.29, 0.717) is 30.4 Å². The molecule has 0 radical (unpaired) electrons. The van der Waals surface area contributed by atoms with Crippen LogP contribution in [0.5, 0.6) is 6.01 Å². The second kappa shape index (κ2) is 7.68. The Morgan fingerprint density at radius 1 is 1.17 bits per heavy atom. The molecule has 1 aromatic rings. The second-order valence-electron chi connectivity index (χ2n) is 4.47. The number of aromatic nitrogens is 3. The summed E-state index contributed by atoms with van der Waals surface area (Å²) >= 11 is 0. The highest BCUT2D eigenvalue weighted by atomic mass is 16.5. The Morgan fingerprint density at radius 2 is 1.89 bits per heavy atom. The van der Waals surface area contributed by atoms with Crippen molar-refractivity contribution in [3.8, 4) is 6.01 Å². The van der Waals surface area contributed by atoms with E-state index in [-0.39, 0.29) is 0 Å². The van der Waals surface area contributed by atoms with Crippen LogP contribution in [0.1, 0.15) is 33.6 Å². The Bertz CT molecular complexity index is 356. The van der Waals surface area contributed by atoms with Gasteiger partial charge in [-0.3, -0.25) is 0 Å². The van der Waals surface area contributed by atoms with Gasteiger partial charge in [-0.05, 0) is 18.8 Å². The fraction of sp³-hybridized carbons (Fsp3) is 0.750. The monoisotopic (exact) mass is 253 g/mol. The van der Waals surface area contributed by atoms with Crippen molar-refractivity contribution < 1.29 is 4.74 Å². The summed E-state index contributed by atoms with van der Waals surface area (Å²) in [6.07, 6.45) is 2.00. The molecule has 1 aromatic heterocycles. The summed E-state index contributed by atoms with van der Waals surface area (Å²) in [5, 5.41) is 6.09. The number of hydrogen-bond donors (Lipinski definition) is 2. The van der Waals surface area contributed by atoms with Gasteiger partial charge in [0.2, 0.25) is 11.9 Å². The standard InChI is InChI=1S/C12H23N5O/c1-5-8-18-12-16-10(13-4)15-11(17-12)14-7-6-9(2)3/h9H,5-8H2,1-4H3,(H2,13,14,15,16,17). The number of rotatable bonds is 8. The molecule has 0 unspecified atom stereocenters. The highest BCUT2D eigenvalue weighted by molar-refractivity contribution is 5.35. The van der Waals surface area contributed by atoms with E-state index >= 15 is 0 Å². The van der Waals surface area contributed by atoms with Crippen molar-refractivity contribution in [1.29, 1.82) is 0 Å². The van der Waals surface area contributed by atoms with Crippen molar-refractivity contribution in [3.05, 3.63) is 0 Å². The van der Waals surface area contributed by atoms with Gasteiger partial charge in [-0.1, -0.05) is 20.8 Å². The van der Waals surface area contributed by atoms with Crippen LogP contribution in [-0.4, -0.2) is 35.2 Å². The van der Waals surface area contributed by atoms with Gasteiger partial charge in [0.1, 0.15) is 0 Å². The SMILES string of the molecule is CCCOc1nc(NC)nc(NCCC(C)C)n1. The molecule has 6 heteroatoms. The maximum atomic E-state index is 5.42. The van der Waals surface area contributed by atoms with E-state index < -0.39 is 0 Å². The average molecular weight is 253 g/mol. The molecule has 0 bridgehead atoms. The molecule has 18 heavy (non-hydrogen) atoms. The van der Waals surface area contributed by atoms with Crippen LogP contribution in [0.15, 0.2) is 0 Å². The Balaban J connectivity index is 2.64. The van der Waals surface area contributed by atoms with Crippen molar-refractivity contribution in [2.24, 2.45) is 5.92 Å². The lowest BCUT2D eigenvalue weighted by molar-refractivity contribution is 0.292. The van der Waals surface area contributed by atoms with E-state index in [2.05, 4.69) is 39.4 Å². The summed E-state index contributed by atoms with van der Waals surface area (Å²) in [4.78, 5) is 12.6. The van der Waals surface area contributed by atoms with Crippen molar-refractivity contribution >= 4 is 11.9 Å². The molecule has 6 nitrogen and oxygen atoms in total. The van der Waals surface area contributed by atoms with E-state index in [0.717, 1.165) is 19.4 Å². The molecule has 0 aliphatic rings. The Labute approximate surface area is 109 Å². The molecular weight excluding hydrogens is 230 g/mol. The van der Waals surface area contributed by atoms with E-state index in [1.165, 1.54) is 0 Å². The third-order valence-corrected chi connectivity index (χ3v) is 2.28. The van der Waals surface area contributed by atoms with Crippen LogP contribution in [-0.2, 0) is 0 Å². The fourth-order valence-corrected chi connectivity index (χ4v) is 1.28. The zero-order valence-electron chi connectivity index (χ0n) is 11.7. The molecule has 0 fully saturated rings. The van der Waals surface area contributed by atoms with Crippen LogP contribution in [0.4, 0.5) is 11.9 Å². The molecule has 0 aliphatic heterocycles. The van der Waals surface area contributed by atoms with E-state index in [4.69, 9.17) is 4.74 Å². The minimum atomic E-state index is 0.364. The molecule has 102 valence electrons. The Kier molecular flexibility index (Phi) is 6.18. The quantitative estimate of drug-likeness (QED) is 0.739. The second-order valence-corrected chi connectivity index (χ2v) is 4.47. The van der Waals surface area contributed by atoms with Crippen LogP contribution in [0.2, 0.25) is 0 Å². The van der Waals surface area contributed by atoms with Crippen LogP contribution in [0.3, 0.4) is 0 Å². The van der Waals surface area contributed by atoms with Gasteiger partial charge in [-0.15, -0.1) is 0 Å². The van der Waals surface area contributed by atoms with Crippen LogP contribution in [0.25, 0.3) is 0 Å². The summed E-state index contributed by atoms with van der Waals surface area (Å²) < 4.78 is 5.42. The number of hydrogen-bond acceptors (Lipinski definition) is 6. The first-order valence-corrected chi connectivity index (χ1v) is 6.46. The molecule has 0 saturated heterocycles. The molecule has 0 aliphatic carbocycles. The van der Waals surface area contributed by atoms with Gasteiger partial charge in [0, 0.05) is 13.6 Å². The molecule has 0 amide bonds. The van der Waals surface area contributed by atoms with Gasteiger partial charge in [0.05, 0.1) is 6.61 Å². The maximum Gasteiger partial charge on any atom is 0.323 e. The first kappa shape index (κ1) is 14.5. The zero-order chi connectivity index (χ0) is 13.4. The first-order chi connectivity index (χ1) is 8.65. The lowest BCUT2D eigenvalue weighted by Crippen LogP contribution is -2.11. The van der Waals surface area contributed by atoms with Gasteiger partial charge in [0.25, 0.3) is 0 Å². The van der Waals surface area contributed by atoms with Gasteiger partial charge < -0.3 is 15.4 Å². The summed E-state index contributed by atoms with van der Waals surface area (Å²) in [5.74, 6) is 1.73. The Morgan fingerprint density at radius 3 is 2.50 bits per heavy atom. The predicted molar refractivity (Wildman–Crippen MR) is 73.1 cm³/mol. The van der Waals surface area contributed by atoms with E-state index in [1.807, 2.05) is 6.92 Å². The van der Waals surface area contributed by atoms with Gasteiger partial charge in [-0.25, -0.2) is 0 Å². The summed E-state index contributed by atoms with van der Waals surface area (Å²) in [5.41, 5.74) is 0. The van der Waals surface area contributed by atoms with E-state index in [9.17, 15) is 0 Å². The summed E-state index contributed by atoms with van der Waals surface area (Å²) in [6.45, 7) is 7.87. The highest BCUT2D eigenvalue weighted by Crippen LogP contribution is 2.11. The molecule has 0 aromatic carbocycles. The first-order valence-electron chi connectivity index (χ1n) is 6.46. The summed E-state index contributed by atoms with van der Waals surface area (Å²) in [6, 6.07) is 0.364. The smallest absolute Gasteiger partial charge is 0.323 e. The predicted octanol–water partition coefficient (Wildman–Crippen LogP) is 2.16. The number of ether oxygens (including phenoxy) is 1. The summed E-state index contributed by atoms with van der Waals surface area (Å²) in [7, 11) is 1.77.